The van der Waals surface area contributed by atoms with Gasteiger partial charge in [0.15, 0.2) is 0 Å². The first-order valence-corrected chi connectivity index (χ1v) is 11.2. The van der Waals surface area contributed by atoms with E-state index in [0.29, 0.717) is 17.1 Å². The van der Waals surface area contributed by atoms with E-state index in [0.717, 1.165) is 38.5 Å². The average Bonchev–Trinajstić information content (AvgIpc) is 3.23. The minimum atomic E-state index is -0.0928. The molecule has 0 spiro atoms. The Hall–Kier alpha value is -2.77. The molecule has 1 aromatic heterocycles. The standard InChI is InChI=1S/C22H30N6O2/c29-20(23-17-11-5-2-6-12-17)15-28-26-21(25-27-28)18-13-7-8-14-19(18)24-22(30)16-9-3-1-4-10-16/h7-8,13-14,16-17H,1-6,9-12,15H2,(H,23,29)(H,24,30). The SMILES string of the molecule is O=C(Cn1nnc(-c2ccccc2NC(=O)C2CCCCC2)n1)NC1CCCCC1. The highest BCUT2D eigenvalue weighted by Gasteiger charge is 2.23. The number of nitrogens with one attached hydrogen (secondary N) is 2. The maximum atomic E-state index is 12.7. The first-order chi connectivity index (χ1) is 14.7. The Morgan fingerprint density at radius 1 is 0.967 bits per heavy atom. The Bertz CT molecular complexity index is 868. The van der Waals surface area contributed by atoms with E-state index in [-0.39, 0.29) is 30.3 Å². The Morgan fingerprint density at radius 3 is 2.43 bits per heavy atom. The van der Waals surface area contributed by atoms with Crippen molar-refractivity contribution in [1.82, 2.24) is 25.5 Å². The lowest BCUT2D eigenvalue weighted by molar-refractivity contribution is -0.123. The van der Waals surface area contributed by atoms with Crippen LogP contribution in [0, 0.1) is 5.92 Å². The molecule has 2 N–H and O–H groups in total. The summed E-state index contributed by atoms with van der Waals surface area (Å²) in [4.78, 5) is 26.3. The molecule has 0 bridgehead atoms. The summed E-state index contributed by atoms with van der Waals surface area (Å²) >= 11 is 0. The molecular formula is C22H30N6O2. The van der Waals surface area contributed by atoms with Gasteiger partial charge in [0.05, 0.1) is 5.69 Å². The van der Waals surface area contributed by atoms with Crippen molar-refractivity contribution in [2.75, 3.05) is 5.32 Å². The maximum Gasteiger partial charge on any atom is 0.243 e. The van der Waals surface area contributed by atoms with E-state index < -0.39 is 0 Å². The predicted molar refractivity (Wildman–Crippen MR) is 113 cm³/mol. The van der Waals surface area contributed by atoms with Crippen molar-refractivity contribution in [3.05, 3.63) is 24.3 Å². The molecule has 160 valence electrons. The molecule has 2 aromatic rings. The predicted octanol–water partition coefficient (Wildman–Crippen LogP) is 3.31. The summed E-state index contributed by atoms with van der Waals surface area (Å²) in [6, 6.07) is 7.72. The number of anilines is 1. The second kappa shape index (κ2) is 9.82. The van der Waals surface area contributed by atoms with Crippen LogP contribution in [0.15, 0.2) is 24.3 Å². The van der Waals surface area contributed by atoms with Crippen LogP contribution in [0.5, 0.6) is 0 Å². The van der Waals surface area contributed by atoms with Crippen LogP contribution in [0.1, 0.15) is 64.2 Å². The molecule has 8 heteroatoms. The third kappa shape index (κ3) is 5.23. The summed E-state index contributed by atoms with van der Waals surface area (Å²) in [5.74, 6) is 0.435. The molecule has 2 saturated carbocycles. The highest BCUT2D eigenvalue weighted by Crippen LogP contribution is 2.28. The van der Waals surface area contributed by atoms with E-state index in [4.69, 9.17) is 0 Å². The van der Waals surface area contributed by atoms with Crippen LogP contribution >= 0.6 is 0 Å². The molecule has 2 amide bonds. The molecule has 0 unspecified atom stereocenters. The minimum Gasteiger partial charge on any atom is -0.352 e. The zero-order valence-electron chi connectivity index (χ0n) is 17.3. The van der Waals surface area contributed by atoms with Crippen LogP contribution in [0.25, 0.3) is 11.4 Å². The topological polar surface area (TPSA) is 102 Å². The Kier molecular flexibility index (Phi) is 6.71. The monoisotopic (exact) mass is 410 g/mol. The molecule has 4 rings (SSSR count). The van der Waals surface area contributed by atoms with Crippen molar-refractivity contribution in [2.45, 2.75) is 76.8 Å². The van der Waals surface area contributed by atoms with Crippen molar-refractivity contribution in [3.8, 4) is 11.4 Å². The average molecular weight is 411 g/mol. The van der Waals surface area contributed by atoms with Crippen LogP contribution in [-0.2, 0) is 16.1 Å². The van der Waals surface area contributed by atoms with Gasteiger partial charge in [0.2, 0.25) is 17.6 Å². The zero-order valence-corrected chi connectivity index (χ0v) is 17.3. The Labute approximate surface area is 176 Å². The second-order valence-corrected chi connectivity index (χ2v) is 8.42. The summed E-state index contributed by atoms with van der Waals surface area (Å²) in [6.45, 7) is 0.0418. The van der Waals surface area contributed by atoms with Crippen LogP contribution in [0.4, 0.5) is 5.69 Å². The number of amides is 2. The van der Waals surface area contributed by atoms with Crippen LogP contribution in [-0.4, -0.2) is 38.1 Å². The van der Waals surface area contributed by atoms with E-state index in [1.54, 1.807) is 0 Å². The highest BCUT2D eigenvalue weighted by molar-refractivity contribution is 5.96. The third-order valence-electron chi connectivity index (χ3n) is 6.11. The van der Waals surface area contributed by atoms with E-state index >= 15 is 0 Å². The summed E-state index contributed by atoms with van der Waals surface area (Å²) < 4.78 is 0. The van der Waals surface area contributed by atoms with E-state index in [1.807, 2.05) is 24.3 Å². The lowest BCUT2D eigenvalue weighted by Gasteiger charge is -2.22. The molecule has 1 heterocycles. The fraction of sp³-hybridized carbons (Fsp3) is 0.591. The van der Waals surface area contributed by atoms with E-state index in [2.05, 4.69) is 26.0 Å². The molecule has 0 radical (unpaired) electrons. The van der Waals surface area contributed by atoms with Gasteiger partial charge in [-0.2, -0.15) is 4.80 Å². The largest absolute Gasteiger partial charge is 0.352 e. The van der Waals surface area contributed by atoms with Crippen LogP contribution in [0.3, 0.4) is 0 Å². The van der Waals surface area contributed by atoms with Gasteiger partial charge in [-0.1, -0.05) is 50.7 Å². The molecular weight excluding hydrogens is 380 g/mol. The first kappa shape index (κ1) is 20.5. The summed E-state index contributed by atoms with van der Waals surface area (Å²) in [7, 11) is 0. The fourth-order valence-electron chi connectivity index (χ4n) is 4.45. The van der Waals surface area contributed by atoms with Gasteiger partial charge >= 0.3 is 0 Å². The molecule has 2 fully saturated rings. The summed E-state index contributed by atoms with van der Waals surface area (Å²) in [5, 5.41) is 18.6. The minimum absolute atomic E-state index is 0.0418. The van der Waals surface area contributed by atoms with Gasteiger partial charge in [0.1, 0.15) is 6.54 Å². The molecule has 2 aliphatic carbocycles. The number of carbonyl (C=O) groups excluding carboxylic acids is 2. The molecule has 1 aromatic carbocycles. The Morgan fingerprint density at radius 2 is 1.67 bits per heavy atom. The van der Waals surface area contributed by atoms with Gasteiger partial charge in [0.25, 0.3) is 0 Å². The van der Waals surface area contributed by atoms with Crippen molar-refractivity contribution < 1.29 is 9.59 Å². The van der Waals surface area contributed by atoms with Crippen molar-refractivity contribution in [2.24, 2.45) is 5.92 Å². The van der Waals surface area contributed by atoms with Gasteiger partial charge in [-0.15, -0.1) is 10.2 Å². The molecule has 0 atom stereocenters. The number of benzene rings is 1. The number of para-hydroxylation sites is 1. The lowest BCUT2D eigenvalue weighted by atomic mass is 9.88. The van der Waals surface area contributed by atoms with E-state index in [9.17, 15) is 9.59 Å². The number of hydrogen-bond acceptors (Lipinski definition) is 5. The molecule has 8 nitrogen and oxygen atoms in total. The van der Waals surface area contributed by atoms with Gasteiger partial charge in [-0.05, 0) is 43.0 Å². The molecule has 2 aliphatic rings. The van der Waals surface area contributed by atoms with Crippen molar-refractivity contribution >= 4 is 17.5 Å². The van der Waals surface area contributed by atoms with E-state index in [1.165, 1.54) is 30.5 Å². The van der Waals surface area contributed by atoms with Gasteiger partial charge in [-0.3, -0.25) is 9.59 Å². The molecule has 0 saturated heterocycles. The smallest absolute Gasteiger partial charge is 0.243 e. The van der Waals surface area contributed by atoms with Gasteiger partial charge in [-0.25, -0.2) is 0 Å². The normalized spacial score (nSPS) is 18.1. The van der Waals surface area contributed by atoms with Crippen molar-refractivity contribution in [1.29, 1.82) is 0 Å². The number of carbonyl (C=O) groups is 2. The molecule has 30 heavy (non-hydrogen) atoms. The number of tetrazole rings is 1. The number of hydrogen-bond donors (Lipinski definition) is 2. The number of nitrogens with zero attached hydrogens (tertiary/aromatic N) is 4. The summed E-state index contributed by atoms with van der Waals surface area (Å²) in [5.41, 5.74) is 1.39. The number of aromatic nitrogens is 4. The van der Waals surface area contributed by atoms with Gasteiger partial charge < -0.3 is 10.6 Å². The van der Waals surface area contributed by atoms with Gasteiger partial charge in [0, 0.05) is 17.5 Å². The maximum absolute atomic E-state index is 12.7. The second-order valence-electron chi connectivity index (χ2n) is 8.42. The number of rotatable bonds is 6. The van der Waals surface area contributed by atoms with Crippen LogP contribution < -0.4 is 10.6 Å². The van der Waals surface area contributed by atoms with Crippen molar-refractivity contribution in [3.63, 3.8) is 0 Å². The quantitative estimate of drug-likeness (QED) is 0.761. The first-order valence-electron chi connectivity index (χ1n) is 11.2. The van der Waals surface area contributed by atoms with Crippen LogP contribution in [0.2, 0.25) is 0 Å². The third-order valence-corrected chi connectivity index (χ3v) is 6.11. The summed E-state index contributed by atoms with van der Waals surface area (Å²) in [6.07, 6.45) is 11.0. The highest BCUT2D eigenvalue weighted by atomic mass is 16.2. The Balaban J connectivity index is 1.40. The molecule has 0 aliphatic heterocycles. The zero-order chi connectivity index (χ0) is 20.8. The fourth-order valence-corrected chi connectivity index (χ4v) is 4.45. The lowest BCUT2D eigenvalue weighted by Crippen LogP contribution is -2.38.